The van der Waals surface area contributed by atoms with Crippen molar-refractivity contribution in [2.24, 2.45) is 10.9 Å². The van der Waals surface area contributed by atoms with Gasteiger partial charge in [-0.1, -0.05) is 11.2 Å². The van der Waals surface area contributed by atoms with Crippen LogP contribution in [0.15, 0.2) is 29.4 Å². The van der Waals surface area contributed by atoms with E-state index in [0.29, 0.717) is 0 Å². The molecular weight excluding hydrogens is 187 g/mol. The molecule has 0 saturated heterocycles. The molecule has 0 aliphatic rings. The van der Waals surface area contributed by atoms with Gasteiger partial charge in [-0.25, -0.2) is 9.18 Å². The van der Waals surface area contributed by atoms with E-state index >= 15 is 0 Å². The number of nitrogens with zero attached hydrogens (tertiary/aromatic N) is 1. The Balaban J connectivity index is 2.75. The summed E-state index contributed by atoms with van der Waals surface area (Å²) >= 11 is 0. The van der Waals surface area contributed by atoms with E-state index in [2.05, 4.69) is 9.99 Å². The second-order valence-electron chi connectivity index (χ2n) is 2.62. The van der Waals surface area contributed by atoms with Crippen LogP contribution in [0.2, 0.25) is 0 Å². The van der Waals surface area contributed by atoms with Gasteiger partial charge in [-0.2, -0.15) is 0 Å². The van der Waals surface area contributed by atoms with Gasteiger partial charge < -0.3 is 10.6 Å². The Morgan fingerprint density at radius 2 is 2.29 bits per heavy atom. The minimum atomic E-state index is -0.741. The van der Waals surface area contributed by atoms with Crippen molar-refractivity contribution < 1.29 is 14.0 Å². The molecule has 0 atom stereocenters. The Labute approximate surface area is 80.2 Å². The van der Waals surface area contributed by atoms with Crippen molar-refractivity contribution in [3.05, 3.63) is 35.6 Å². The lowest BCUT2D eigenvalue weighted by atomic mass is 10.2. The van der Waals surface area contributed by atoms with E-state index in [1.807, 2.05) is 0 Å². The van der Waals surface area contributed by atoms with Crippen LogP contribution in [0, 0.1) is 5.82 Å². The molecular formula is C9H9FN2O2. The first-order chi connectivity index (χ1) is 6.59. The van der Waals surface area contributed by atoms with Crippen LogP contribution in [0.25, 0.3) is 0 Å². The average molecular weight is 196 g/mol. The van der Waals surface area contributed by atoms with E-state index in [-0.39, 0.29) is 11.4 Å². The van der Waals surface area contributed by atoms with E-state index in [1.54, 1.807) is 0 Å². The first-order valence-corrected chi connectivity index (χ1v) is 3.86. The Morgan fingerprint density at radius 3 is 2.86 bits per heavy atom. The molecule has 2 N–H and O–H groups in total. The third kappa shape index (κ3) is 2.85. The zero-order valence-corrected chi connectivity index (χ0v) is 7.53. The second-order valence-corrected chi connectivity index (χ2v) is 2.62. The quantitative estimate of drug-likeness (QED) is 0.335. The maximum Gasteiger partial charge on any atom is 0.365 e. The van der Waals surface area contributed by atoms with Crippen molar-refractivity contribution in [3.63, 3.8) is 0 Å². The van der Waals surface area contributed by atoms with Crippen molar-refractivity contribution in [2.45, 2.75) is 6.92 Å². The minimum Gasteiger partial charge on any atom is -0.385 e. The van der Waals surface area contributed by atoms with Gasteiger partial charge in [-0.05, 0) is 25.1 Å². The monoisotopic (exact) mass is 196 g/mol. The lowest BCUT2D eigenvalue weighted by molar-refractivity contribution is 0.0515. The number of hydrogen-bond acceptors (Lipinski definition) is 3. The molecule has 1 aromatic carbocycles. The van der Waals surface area contributed by atoms with Gasteiger partial charge in [0.05, 0.1) is 5.56 Å². The molecule has 4 nitrogen and oxygen atoms in total. The van der Waals surface area contributed by atoms with Crippen LogP contribution in [0.1, 0.15) is 17.3 Å². The van der Waals surface area contributed by atoms with Gasteiger partial charge >= 0.3 is 5.97 Å². The molecule has 0 spiro atoms. The highest BCUT2D eigenvalue weighted by Gasteiger charge is 2.07. The molecule has 1 rings (SSSR count). The largest absolute Gasteiger partial charge is 0.385 e. The summed E-state index contributed by atoms with van der Waals surface area (Å²) in [5, 5.41) is 3.25. The van der Waals surface area contributed by atoms with Gasteiger partial charge in [0.1, 0.15) is 11.7 Å². The van der Waals surface area contributed by atoms with Crippen LogP contribution in [-0.4, -0.2) is 11.8 Å². The van der Waals surface area contributed by atoms with Crippen LogP contribution in [-0.2, 0) is 4.84 Å². The number of halogens is 1. The van der Waals surface area contributed by atoms with Crippen molar-refractivity contribution in [2.75, 3.05) is 0 Å². The lowest BCUT2D eigenvalue weighted by Crippen LogP contribution is -2.09. The number of carbonyl (C=O) groups is 1. The van der Waals surface area contributed by atoms with Gasteiger partial charge in [0.2, 0.25) is 0 Å². The molecule has 0 amide bonds. The fourth-order valence-electron chi connectivity index (χ4n) is 0.782. The zero-order chi connectivity index (χ0) is 10.6. The molecule has 0 aromatic heterocycles. The normalized spacial score (nSPS) is 11.1. The van der Waals surface area contributed by atoms with Crippen LogP contribution in [0.5, 0.6) is 0 Å². The third-order valence-electron chi connectivity index (χ3n) is 1.33. The SMILES string of the molecule is C/C(N)=N/OC(=O)c1cccc(F)c1. The number of amidine groups is 1. The van der Waals surface area contributed by atoms with Crippen molar-refractivity contribution in [1.82, 2.24) is 0 Å². The predicted octanol–water partition coefficient (Wildman–Crippen LogP) is 1.27. The maximum atomic E-state index is 12.7. The molecule has 1 aromatic rings. The highest BCUT2D eigenvalue weighted by atomic mass is 19.1. The predicted molar refractivity (Wildman–Crippen MR) is 49.1 cm³/mol. The topological polar surface area (TPSA) is 64.7 Å². The molecule has 14 heavy (non-hydrogen) atoms. The highest BCUT2D eigenvalue weighted by Crippen LogP contribution is 2.05. The van der Waals surface area contributed by atoms with E-state index in [9.17, 15) is 9.18 Å². The van der Waals surface area contributed by atoms with Gasteiger partial charge in [-0.15, -0.1) is 0 Å². The lowest BCUT2D eigenvalue weighted by Gasteiger charge is -1.97. The molecule has 0 bridgehead atoms. The molecule has 0 aliphatic heterocycles. The van der Waals surface area contributed by atoms with Crippen LogP contribution < -0.4 is 5.73 Å². The Hall–Kier alpha value is -1.91. The van der Waals surface area contributed by atoms with Crippen molar-refractivity contribution >= 4 is 11.8 Å². The van der Waals surface area contributed by atoms with Crippen molar-refractivity contribution in [3.8, 4) is 0 Å². The van der Waals surface area contributed by atoms with Crippen LogP contribution >= 0.6 is 0 Å². The Bertz CT molecular complexity index is 373. The summed E-state index contributed by atoms with van der Waals surface area (Å²) in [7, 11) is 0. The van der Waals surface area contributed by atoms with Crippen molar-refractivity contribution in [1.29, 1.82) is 0 Å². The van der Waals surface area contributed by atoms with E-state index in [4.69, 9.17) is 5.73 Å². The average Bonchev–Trinajstić information content (AvgIpc) is 2.14. The second kappa shape index (κ2) is 4.36. The number of hydrogen-bond donors (Lipinski definition) is 1. The summed E-state index contributed by atoms with van der Waals surface area (Å²) in [5.41, 5.74) is 5.24. The number of oxime groups is 1. The van der Waals surface area contributed by atoms with Crippen LogP contribution in [0.4, 0.5) is 4.39 Å². The first kappa shape index (κ1) is 10.2. The van der Waals surface area contributed by atoms with Crippen LogP contribution in [0.3, 0.4) is 0 Å². The third-order valence-corrected chi connectivity index (χ3v) is 1.33. The highest BCUT2D eigenvalue weighted by molar-refractivity contribution is 5.90. The summed E-state index contributed by atoms with van der Waals surface area (Å²) in [5.74, 6) is -1.13. The summed E-state index contributed by atoms with van der Waals surface area (Å²) in [6, 6.07) is 5.12. The van der Waals surface area contributed by atoms with E-state index in [0.717, 1.165) is 6.07 Å². The molecule has 0 saturated carbocycles. The van der Waals surface area contributed by atoms with E-state index < -0.39 is 11.8 Å². The number of carbonyl (C=O) groups excluding carboxylic acids is 1. The van der Waals surface area contributed by atoms with E-state index in [1.165, 1.54) is 25.1 Å². The fraction of sp³-hybridized carbons (Fsp3) is 0.111. The number of rotatable bonds is 2. The molecule has 74 valence electrons. The fourth-order valence-corrected chi connectivity index (χ4v) is 0.782. The number of nitrogens with two attached hydrogens (primary N) is 1. The molecule has 0 aliphatic carbocycles. The zero-order valence-electron chi connectivity index (χ0n) is 7.53. The Morgan fingerprint density at radius 1 is 1.57 bits per heavy atom. The first-order valence-electron chi connectivity index (χ1n) is 3.86. The van der Waals surface area contributed by atoms with Gasteiger partial charge in [-0.3, -0.25) is 0 Å². The minimum absolute atomic E-state index is 0.0926. The van der Waals surface area contributed by atoms with Gasteiger partial charge in [0.25, 0.3) is 0 Å². The summed E-state index contributed by atoms with van der Waals surface area (Å²) < 4.78 is 12.7. The maximum absolute atomic E-state index is 12.7. The molecule has 5 heteroatoms. The van der Waals surface area contributed by atoms with Gasteiger partial charge in [0, 0.05) is 0 Å². The molecule has 0 radical (unpaired) electrons. The Kier molecular flexibility index (Phi) is 3.17. The summed E-state index contributed by atoms with van der Waals surface area (Å²) in [6.07, 6.45) is 0. The molecule has 0 fully saturated rings. The smallest absolute Gasteiger partial charge is 0.365 e. The summed E-state index contributed by atoms with van der Waals surface area (Å²) in [4.78, 5) is 15.6. The standard InChI is InChI=1S/C9H9FN2O2/c1-6(11)12-14-9(13)7-3-2-4-8(10)5-7/h2-5H,1H3,(H2,11,12). The summed E-state index contributed by atoms with van der Waals surface area (Å²) in [6.45, 7) is 1.47. The molecule has 0 unspecified atom stereocenters. The van der Waals surface area contributed by atoms with Gasteiger partial charge in [0.15, 0.2) is 0 Å². The number of benzene rings is 1. The molecule has 0 heterocycles.